The van der Waals surface area contributed by atoms with Crippen molar-refractivity contribution in [1.82, 2.24) is 24.7 Å². The van der Waals surface area contributed by atoms with Gasteiger partial charge in [-0.1, -0.05) is 12.1 Å². The van der Waals surface area contributed by atoms with E-state index in [0.29, 0.717) is 24.5 Å². The van der Waals surface area contributed by atoms with Gasteiger partial charge in [-0.2, -0.15) is 33.2 Å². The molecule has 36 heavy (non-hydrogen) atoms. The molecule has 0 unspecified atom stereocenters. The first-order valence-corrected chi connectivity index (χ1v) is 11.0. The van der Waals surface area contributed by atoms with Crippen molar-refractivity contribution < 1.29 is 32.5 Å². The standard InChI is InChI=1S/C22H26F3N7O4/c23-22(24,25)14-36-21-30-18(9-16-11-28-32(12-16)13-19(33)34)29-20(31-21)27-10-15-3-5-17(6-4-15)35-8-2-1-7-26/h3-6,11-12H,1-2,7-10,13-14,26H2,(H,33,34)(H,27,29,30,31). The first-order valence-electron chi connectivity index (χ1n) is 11.0. The molecular formula is C22H26F3N7O4. The number of aromatic nitrogens is 5. The number of nitrogens with zero attached hydrogens (tertiary/aromatic N) is 5. The molecule has 0 aliphatic rings. The Labute approximate surface area is 204 Å². The molecule has 11 nitrogen and oxygen atoms in total. The highest BCUT2D eigenvalue weighted by molar-refractivity contribution is 5.66. The Morgan fingerprint density at radius 2 is 1.86 bits per heavy atom. The third-order valence-electron chi connectivity index (χ3n) is 4.61. The third-order valence-corrected chi connectivity index (χ3v) is 4.61. The molecule has 14 heteroatoms. The van der Waals surface area contributed by atoms with Crippen molar-refractivity contribution in [3.05, 3.63) is 53.6 Å². The molecule has 0 bridgehead atoms. The van der Waals surface area contributed by atoms with Crippen LogP contribution < -0.4 is 20.5 Å². The summed E-state index contributed by atoms with van der Waals surface area (Å²) in [7, 11) is 0. The molecule has 0 radical (unpaired) electrons. The number of aliphatic carboxylic acids is 1. The van der Waals surface area contributed by atoms with E-state index < -0.39 is 24.8 Å². The maximum absolute atomic E-state index is 12.6. The molecule has 3 rings (SSSR count). The van der Waals surface area contributed by atoms with Crippen molar-refractivity contribution in [2.24, 2.45) is 5.73 Å². The van der Waals surface area contributed by atoms with Crippen LogP contribution in [-0.2, 0) is 24.3 Å². The lowest BCUT2D eigenvalue weighted by molar-refractivity contribution is -0.154. The Morgan fingerprint density at radius 1 is 1.08 bits per heavy atom. The van der Waals surface area contributed by atoms with Crippen molar-refractivity contribution in [3.63, 3.8) is 0 Å². The second-order valence-electron chi connectivity index (χ2n) is 7.72. The van der Waals surface area contributed by atoms with Crippen LogP contribution in [0.3, 0.4) is 0 Å². The summed E-state index contributed by atoms with van der Waals surface area (Å²) < 4.78 is 49.5. The fraction of sp³-hybridized carbons (Fsp3) is 0.409. The van der Waals surface area contributed by atoms with Gasteiger partial charge in [0.25, 0.3) is 0 Å². The van der Waals surface area contributed by atoms with Gasteiger partial charge in [0.15, 0.2) is 6.61 Å². The number of hydrogen-bond acceptors (Lipinski definition) is 9. The van der Waals surface area contributed by atoms with Crippen LogP contribution in [0.2, 0.25) is 0 Å². The van der Waals surface area contributed by atoms with Crippen LogP contribution in [0, 0.1) is 0 Å². The number of ether oxygens (including phenoxy) is 2. The summed E-state index contributed by atoms with van der Waals surface area (Å²) in [4.78, 5) is 23.0. The molecule has 0 fully saturated rings. The van der Waals surface area contributed by atoms with E-state index in [9.17, 15) is 18.0 Å². The van der Waals surface area contributed by atoms with Gasteiger partial charge in [-0.15, -0.1) is 0 Å². The Bertz CT molecular complexity index is 1120. The zero-order valence-electron chi connectivity index (χ0n) is 19.2. The smallest absolute Gasteiger partial charge is 0.422 e. The number of anilines is 1. The summed E-state index contributed by atoms with van der Waals surface area (Å²) in [6, 6.07) is 6.81. The molecule has 2 heterocycles. The van der Waals surface area contributed by atoms with Crippen molar-refractivity contribution in [3.8, 4) is 11.8 Å². The third kappa shape index (κ3) is 9.37. The second-order valence-corrected chi connectivity index (χ2v) is 7.72. The number of carboxylic acid groups (broad SMARTS) is 1. The number of nitrogens with two attached hydrogens (primary N) is 1. The number of carbonyl (C=O) groups is 1. The van der Waals surface area contributed by atoms with Crippen molar-refractivity contribution in [2.45, 2.75) is 38.5 Å². The van der Waals surface area contributed by atoms with Gasteiger partial charge in [-0.05, 0) is 42.6 Å². The number of hydrogen-bond donors (Lipinski definition) is 3. The van der Waals surface area contributed by atoms with Crippen LogP contribution in [0.5, 0.6) is 11.8 Å². The van der Waals surface area contributed by atoms with Gasteiger partial charge in [0.1, 0.15) is 18.1 Å². The molecule has 1 aromatic carbocycles. The molecule has 0 spiro atoms. The molecule has 4 N–H and O–H groups in total. The van der Waals surface area contributed by atoms with Gasteiger partial charge in [0, 0.05) is 19.2 Å². The molecule has 0 aliphatic heterocycles. The van der Waals surface area contributed by atoms with E-state index >= 15 is 0 Å². The lowest BCUT2D eigenvalue weighted by Crippen LogP contribution is -2.21. The number of carboxylic acids is 1. The predicted molar refractivity (Wildman–Crippen MR) is 122 cm³/mol. The second kappa shape index (κ2) is 12.7. The normalized spacial score (nSPS) is 11.3. The first-order chi connectivity index (χ1) is 17.2. The maximum atomic E-state index is 12.6. The summed E-state index contributed by atoms with van der Waals surface area (Å²) in [5.41, 5.74) is 6.89. The highest BCUT2D eigenvalue weighted by Crippen LogP contribution is 2.18. The van der Waals surface area contributed by atoms with Crippen molar-refractivity contribution in [2.75, 3.05) is 25.1 Å². The van der Waals surface area contributed by atoms with Crippen molar-refractivity contribution in [1.29, 1.82) is 0 Å². The molecule has 2 aromatic heterocycles. The number of unbranched alkanes of at least 4 members (excludes halogenated alkanes) is 1. The van der Waals surface area contributed by atoms with Crippen LogP contribution >= 0.6 is 0 Å². The minimum absolute atomic E-state index is 0.0252. The van der Waals surface area contributed by atoms with E-state index in [1.165, 1.54) is 17.1 Å². The van der Waals surface area contributed by atoms with Gasteiger partial charge in [-0.25, -0.2) is 0 Å². The molecule has 0 saturated carbocycles. The SMILES string of the molecule is NCCCCOc1ccc(CNc2nc(Cc3cnn(CC(=O)O)c3)nc(OCC(F)(F)F)n2)cc1. The fourth-order valence-electron chi connectivity index (χ4n) is 2.99. The summed E-state index contributed by atoms with van der Waals surface area (Å²) in [5, 5.41) is 15.8. The minimum Gasteiger partial charge on any atom is -0.494 e. The Morgan fingerprint density at radius 3 is 2.56 bits per heavy atom. The average molecular weight is 509 g/mol. The lowest BCUT2D eigenvalue weighted by Gasteiger charge is -2.11. The summed E-state index contributed by atoms with van der Waals surface area (Å²) >= 11 is 0. The van der Waals surface area contributed by atoms with E-state index in [4.69, 9.17) is 20.3 Å². The Balaban J connectivity index is 1.67. The summed E-state index contributed by atoms with van der Waals surface area (Å²) in [5.74, 6) is -0.201. The van der Waals surface area contributed by atoms with Gasteiger partial charge >= 0.3 is 18.2 Å². The molecule has 194 valence electrons. The van der Waals surface area contributed by atoms with E-state index in [0.717, 1.165) is 18.4 Å². The molecule has 0 atom stereocenters. The number of nitrogens with one attached hydrogen (secondary N) is 1. The highest BCUT2D eigenvalue weighted by atomic mass is 19.4. The van der Waals surface area contributed by atoms with Crippen LogP contribution in [0.25, 0.3) is 0 Å². The number of benzene rings is 1. The van der Waals surface area contributed by atoms with Crippen molar-refractivity contribution >= 4 is 11.9 Å². The first kappa shape index (κ1) is 26.7. The van der Waals surface area contributed by atoms with Crippen LogP contribution in [0.1, 0.15) is 29.8 Å². The monoisotopic (exact) mass is 509 g/mol. The van der Waals surface area contributed by atoms with Crippen LogP contribution in [0.4, 0.5) is 19.1 Å². The molecule has 0 saturated heterocycles. The number of halogens is 3. The van der Waals surface area contributed by atoms with E-state index in [-0.39, 0.29) is 31.3 Å². The fourth-order valence-corrected chi connectivity index (χ4v) is 2.99. The van der Waals surface area contributed by atoms with Gasteiger partial charge < -0.3 is 25.6 Å². The minimum atomic E-state index is -4.56. The zero-order valence-corrected chi connectivity index (χ0v) is 19.2. The average Bonchev–Trinajstić information content (AvgIpc) is 3.25. The number of alkyl halides is 3. The molecule has 0 aliphatic carbocycles. The summed E-state index contributed by atoms with van der Waals surface area (Å²) in [6.45, 7) is -0.421. The Hall–Kier alpha value is -3.94. The Kier molecular flexibility index (Phi) is 9.39. The van der Waals surface area contributed by atoms with E-state index in [1.54, 1.807) is 0 Å². The van der Waals surface area contributed by atoms with E-state index in [2.05, 4.69) is 25.4 Å². The highest BCUT2D eigenvalue weighted by Gasteiger charge is 2.29. The lowest BCUT2D eigenvalue weighted by atomic mass is 10.2. The van der Waals surface area contributed by atoms with Gasteiger partial charge in [0.05, 0.1) is 12.8 Å². The van der Waals surface area contributed by atoms with E-state index in [1.807, 2.05) is 24.3 Å². The van der Waals surface area contributed by atoms with Gasteiger partial charge in [0.2, 0.25) is 5.95 Å². The van der Waals surface area contributed by atoms with Crippen LogP contribution in [-0.4, -0.2) is 61.7 Å². The zero-order chi connectivity index (χ0) is 26.0. The summed E-state index contributed by atoms with van der Waals surface area (Å²) in [6.07, 6.45) is 0.175. The van der Waals surface area contributed by atoms with Gasteiger partial charge in [-0.3, -0.25) is 9.48 Å². The quantitative estimate of drug-likeness (QED) is 0.276. The maximum Gasteiger partial charge on any atom is 0.422 e. The van der Waals surface area contributed by atoms with Crippen LogP contribution in [0.15, 0.2) is 36.7 Å². The predicted octanol–water partition coefficient (Wildman–Crippen LogP) is 2.41. The molecular weight excluding hydrogens is 483 g/mol. The molecule has 3 aromatic rings. The topological polar surface area (TPSA) is 150 Å². The number of rotatable bonds is 14. The molecule has 0 amide bonds. The largest absolute Gasteiger partial charge is 0.494 e.